The van der Waals surface area contributed by atoms with Crippen LogP contribution in [0.3, 0.4) is 0 Å². The molecule has 9 nitrogen and oxygen atoms in total. The smallest absolute Gasteiger partial charge is 0.277 e. The number of nitrogens with one attached hydrogen (secondary N) is 1. The zero-order valence-electron chi connectivity index (χ0n) is 13.8. The molecule has 0 aromatic heterocycles. The van der Waals surface area contributed by atoms with Crippen molar-refractivity contribution in [2.45, 2.75) is 12.8 Å². The Balaban J connectivity index is 1.79. The average molecular weight is 356 g/mol. The molecule has 0 radical (unpaired) electrons. The van der Waals surface area contributed by atoms with Crippen LogP contribution in [0.15, 0.2) is 42.5 Å². The Morgan fingerprint density at radius 2 is 1.46 bits per heavy atom. The molecule has 134 valence electrons. The Hall–Kier alpha value is -3.49. The van der Waals surface area contributed by atoms with Gasteiger partial charge in [0.15, 0.2) is 0 Å². The summed E-state index contributed by atoms with van der Waals surface area (Å²) in [6.07, 6.45) is 2.31. The summed E-state index contributed by atoms with van der Waals surface area (Å²) in [6, 6.07) is 10.1. The van der Waals surface area contributed by atoms with E-state index in [1.54, 1.807) is 12.1 Å². The molecule has 2 aromatic carbocycles. The minimum Gasteiger partial charge on any atom is -0.372 e. The first-order chi connectivity index (χ1) is 12.4. The number of nitro groups is 2. The van der Waals surface area contributed by atoms with Crippen molar-refractivity contribution < 1.29 is 14.6 Å². The fourth-order valence-corrected chi connectivity index (χ4v) is 2.87. The van der Waals surface area contributed by atoms with Crippen molar-refractivity contribution in [2.75, 3.05) is 23.3 Å². The number of rotatable bonds is 5. The van der Waals surface area contributed by atoms with Gasteiger partial charge in [-0.25, -0.2) is 0 Å². The highest BCUT2D eigenvalue weighted by molar-refractivity contribution is 6.05. The van der Waals surface area contributed by atoms with E-state index in [-0.39, 0.29) is 5.56 Å². The summed E-state index contributed by atoms with van der Waals surface area (Å²) < 4.78 is 0. The van der Waals surface area contributed by atoms with Crippen LogP contribution in [0.4, 0.5) is 22.7 Å². The fourth-order valence-electron chi connectivity index (χ4n) is 2.87. The normalized spacial score (nSPS) is 13.5. The van der Waals surface area contributed by atoms with E-state index < -0.39 is 27.1 Å². The molecule has 1 saturated heterocycles. The second kappa shape index (κ2) is 7.18. The van der Waals surface area contributed by atoms with E-state index in [0.29, 0.717) is 5.69 Å². The average Bonchev–Trinajstić information content (AvgIpc) is 3.16. The zero-order valence-corrected chi connectivity index (χ0v) is 13.8. The first-order valence-corrected chi connectivity index (χ1v) is 8.04. The number of carbonyl (C=O) groups excluding carboxylic acids is 1. The molecule has 0 unspecified atom stereocenters. The van der Waals surface area contributed by atoms with E-state index in [9.17, 15) is 25.0 Å². The van der Waals surface area contributed by atoms with Crippen molar-refractivity contribution in [3.8, 4) is 0 Å². The summed E-state index contributed by atoms with van der Waals surface area (Å²) in [5.74, 6) is -0.647. The number of hydrogen-bond donors (Lipinski definition) is 1. The third kappa shape index (κ3) is 3.77. The molecule has 1 N–H and O–H groups in total. The summed E-state index contributed by atoms with van der Waals surface area (Å²) >= 11 is 0. The van der Waals surface area contributed by atoms with Crippen LogP contribution in [0.25, 0.3) is 0 Å². The minimum atomic E-state index is -0.769. The van der Waals surface area contributed by atoms with Gasteiger partial charge >= 0.3 is 0 Å². The predicted molar refractivity (Wildman–Crippen MR) is 95.6 cm³/mol. The number of nitro benzene ring substituents is 2. The molecule has 3 rings (SSSR count). The summed E-state index contributed by atoms with van der Waals surface area (Å²) in [5.41, 5.74) is 0.413. The lowest BCUT2D eigenvalue weighted by Gasteiger charge is -2.17. The Labute approximate surface area is 148 Å². The third-order valence-electron chi connectivity index (χ3n) is 4.18. The number of amides is 1. The third-order valence-corrected chi connectivity index (χ3v) is 4.18. The first-order valence-electron chi connectivity index (χ1n) is 8.04. The molecule has 0 bridgehead atoms. The Morgan fingerprint density at radius 1 is 0.923 bits per heavy atom. The first kappa shape index (κ1) is 17.3. The van der Waals surface area contributed by atoms with Crippen LogP contribution in [-0.2, 0) is 0 Å². The summed E-state index contributed by atoms with van der Waals surface area (Å²) in [5, 5.41) is 24.4. The van der Waals surface area contributed by atoms with E-state index in [2.05, 4.69) is 10.2 Å². The molecule has 26 heavy (non-hydrogen) atoms. The van der Waals surface area contributed by atoms with Gasteiger partial charge in [-0.05, 0) is 37.1 Å². The minimum absolute atomic E-state index is 0.144. The van der Waals surface area contributed by atoms with E-state index in [1.807, 2.05) is 12.1 Å². The molecule has 0 spiro atoms. The number of hydrogen-bond acceptors (Lipinski definition) is 6. The molecular formula is C17H16N4O5. The topological polar surface area (TPSA) is 119 Å². The summed E-state index contributed by atoms with van der Waals surface area (Å²) in [7, 11) is 0. The number of carbonyl (C=O) groups is 1. The monoisotopic (exact) mass is 356 g/mol. The number of benzene rings is 2. The van der Waals surface area contributed by atoms with E-state index in [4.69, 9.17) is 0 Å². The summed E-state index contributed by atoms with van der Waals surface area (Å²) in [6.45, 7) is 2.01. The molecule has 1 heterocycles. The molecule has 1 aliphatic rings. The van der Waals surface area contributed by atoms with Crippen LogP contribution < -0.4 is 10.2 Å². The lowest BCUT2D eigenvalue weighted by molar-refractivity contribution is -0.394. The standard InChI is InChI=1S/C17H16N4O5/c22-17(12-9-15(20(23)24)11-16(10-12)21(25)26)18-13-3-5-14(6-4-13)19-7-1-2-8-19/h3-6,9-11H,1-2,7-8H2,(H,18,22). The second-order valence-electron chi connectivity index (χ2n) is 5.95. The Kier molecular flexibility index (Phi) is 4.78. The van der Waals surface area contributed by atoms with Gasteiger partial charge in [-0.3, -0.25) is 25.0 Å². The van der Waals surface area contributed by atoms with Crippen molar-refractivity contribution >= 4 is 28.7 Å². The van der Waals surface area contributed by atoms with Gasteiger partial charge in [0.05, 0.1) is 21.5 Å². The largest absolute Gasteiger partial charge is 0.372 e. The molecule has 1 amide bonds. The lowest BCUT2D eigenvalue weighted by atomic mass is 10.1. The van der Waals surface area contributed by atoms with Crippen LogP contribution in [0.5, 0.6) is 0 Å². The van der Waals surface area contributed by atoms with Gasteiger partial charge in [0.25, 0.3) is 17.3 Å². The van der Waals surface area contributed by atoms with Crippen LogP contribution >= 0.6 is 0 Å². The van der Waals surface area contributed by atoms with Gasteiger partial charge in [-0.2, -0.15) is 0 Å². The Morgan fingerprint density at radius 3 is 1.96 bits per heavy atom. The number of nitrogens with zero attached hydrogens (tertiary/aromatic N) is 3. The van der Waals surface area contributed by atoms with Gasteiger partial charge in [0, 0.05) is 36.6 Å². The molecule has 0 aliphatic carbocycles. The molecule has 0 atom stereocenters. The SMILES string of the molecule is O=C(Nc1ccc(N2CCCC2)cc1)c1cc([N+](=O)[O-])cc([N+](=O)[O-])c1. The number of anilines is 2. The Bertz CT molecular complexity index is 828. The van der Waals surface area contributed by atoms with Gasteiger partial charge in [0.2, 0.25) is 0 Å². The molecular weight excluding hydrogens is 340 g/mol. The predicted octanol–water partition coefficient (Wildman–Crippen LogP) is 3.36. The number of non-ortho nitro benzene ring substituents is 2. The second-order valence-corrected chi connectivity index (χ2v) is 5.95. The van der Waals surface area contributed by atoms with Gasteiger partial charge in [-0.1, -0.05) is 0 Å². The highest BCUT2D eigenvalue weighted by Crippen LogP contribution is 2.25. The van der Waals surface area contributed by atoms with Crippen LogP contribution in [0.1, 0.15) is 23.2 Å². The van der Waals surface area contributed by atoms with Crippen LogP contribution in [-0.4, -0.2) is 28.8 Å². The van der Waals surface area contributed by atoms with Crippen molar-refractivity contribution in [1.29, 1.82) is 0 Å². The van der Waals surface area contributed by atoms with Crippen LogP contribution in [0.2, 0.25) is 0 Å². The van der Waals surface area contributed by atoms with Gasteiger partial charge in [-0.15, -0.1) is 0 Å². The lowest BCUT2D eigenvalue weighted by Crippen LogP contribution is -2.17. The van der Waals surface area contributed by atoms with Gasteiger partial charge in [0.1, 0.15) is 0 Å². The molecule has 1 aliphatic heterocycles. The maximum atomic E-state index is 12.3. The molecule has 0 saturated carbocycles. The van der Waals surface area contributed by atoms with Crippen molar-refractivity contribution in [1.82, 2.24) is 0 Å². The van der Waals surface area contributed by atoms with Crippen molar-refractivity contribution in [3.05, 3.63) is 68.3 Å². The van der Waals surface area contributed by atoms with E-state index in [0.717, 1.165) is 49.8 Å². The van der Waals surface area contributed by atoms with Crippen LogP contribution in [0, 0.1) is 20.2 Å². The maximum Gasteiger partial charge on any atom is 0.277 e. The highest BCUT2D eigenvalue weighted by Gasteiger charge is 2.20. The van der Waals surface area contributed by atoms with Crippen molar-refractivity contribution in [3.63, 3.8) is 0 Å². The van der Waals surface area contributed by atoms with E-state index >= 15 is 0 Å². The maximum absolute atomic E-state index is 12.3. The van der Waals surface area contributed by atoms with E-state index in [1.165, 1.54) is 0 Å². The zero-order chi connectivity index (χ0) is 18.7. The highest BCUT2D eigenvalue weighted by atomic mass is 16.6. The molecule has 2 aromatic rings. The summed E-state index contributed by atoms with van der Waals surface area (Å²) in [4.78, 5) is 34.9. The van der Waals surface area contributed by atoms with Gasteiger partial charge < -0.3 is 10.2 Å². The molecule has 1 fully saturated rings. The van der Waals surface area contributed by atoms with Crippen molar-refractivity contribution in [2.24, 2.45) is 0 Å². The fraction of sp³-hybridized carbons (Fsp3) is 0.235. The quantitative estimate of drug-likeness (QED) is 0.648. The molecule has 9 heteroatoms.